The number of benzene rings is 1. The van der Waals surface area contributed by atoms with Crippen molar-refractivity contribution in [2.75, 3.05) is 12.4 Å². The molecule has 1 nitrogen and oxygen atoms in total. The number of rotatable bonds is 3. The second-order valence-corrected chi connectivity index (χ2v) is 3.53. The molecule has 84 valence electrons. The smallest absolute Gasteiger partial charge is 0.0340 e. The lowest BCUT2D eigenvalue weighted by atomic mass is 10.0. The van der Waals surface area contributed by atoms with Crippen LogP contribution in [0.4, 0.5) is 5.69 Å². The van der Waals surface area contributed by atoms with Gasteiger partial charge in [-0.3, -0.25) is 0 Å². The summed E-state index contributed by atoms with van der Waals surface area (Å²) >= 11 is 0. The highest BCUT2D eigenvalue weighted by molar-refractivity contribution is 5.48. The van der Waals surface area contributed by atoms with Crippen molar-refractivity contribution < 1.29 is 0 Å². The maximum atomic E-state index is 3.93. The molecule has 0 radical (unpaired) electrons. The fourth-order valence-corrected chi connectivity index (χ4v) is 1.34. The van der Waals surface area contributed by atoms with E-state index < -0.39 is 0 Å². The normalized spacial score (nSPS) is 8.87. The number of aryl methyl sites for hydroxylation is 1. The molecular formula is C14H23N. The first kappa shape index (κ1) is 13.8. The lowest BCUT2D eigenvalue weighted by molar-refractivity contribution is 1.12. The summed E-state index contributed by atoms with van der Waals surface area (Å²) in [6.07, 6.45) is 0.974. The van der Waals surface area contributed by atoms with Gasteiger partial charge in [0, 0.05) is 12.7 Å². The Labute approximate surface area is 94.2 Å². The molecule has 0 fully saturated rings. The average molecular weight is 205 g/mol. The molecule has 0 unspecified atom stereocenters. The van der Waals surface area contributed by atoms with Crippen molar-refractivity contribution in [1.29, 1.82) is 0 Å². The molecule has 0 aromatic heterocycles. The third kappa shape index (κ3) is 4.68. The van der Waals surface area contributed by atoms with E-state index in [1.54, 1.807) is 0 Å². The standard InChI is InChI=1S/C12H17N.C2H6/c1-9(2)7-11-8-12(13-4)6-5-10(11)3;1-2/h5-6,8,13H,1,7H2,2-4H3;1-2H3. The van der Waals surface area contributed by atoms with Gasteiger partial charge in [0.15, 0.2) is 0 Å². The summed E-state index contributed by atoms with van der Waals surface area (Å²) in [4.78, 5) is 0. The largest absolute Gasteiger partial charge is 0.388 e. The van der Waals surface area contributed by atoms with Crippen LogP contribution in [0.2, 0.25) is 0 Å². The first-order chi connectivity index (χ1) is 7.13. The Balaban J connectivity index is 0.000000921. The molecule has 0 aliphatic heterocycles. The molecule has 1 heteroatoms. The molecule has 0 aliphatic rings. The fraction of sp³-hybridized carbons (Fsp3) is 0.429. The second kappa shape index (κ2) is 7.10. The Morgan fingerprint density at radius 2 is 1.93 bits per heavy atom. The summed E-state index contributed by atoms with van der Waals surface area (Å²) in [6, 6.07) is 6.42. The van der Waals surface area contributed by atoms with Crippen molar-refractivity contribution in [2.45, 2.75) is 34.1 Å². The van der Waals surface area contributed by atoms with Gasteiger partial charge in [0.2, 0.25) is 0 Å². The van der Waals surface area contributed by atoms with Gasteiger partial charge in [-0.15, -0.1) is 0 Å². The number of hydrogen-bond acceptors (Lipinski definition) is 1. The maximum absolute atomic E-state index is 3.93. The third-order valence-corrected chi connectivity index (χ3v) is 2.13. The van der Waals surface area contributed by atoms with Crippen molar-refractivity contribution in [3.05, 3.63) is 41.5 Å². The molecular weight excluding hydrogens is 182 g/mol. The Kier molecular flexibility index (Phi) is 6.52. The van der Waals surface area contributed by atoms with Crippen molar-refractivity contribution >= 4 is 5.69 Å². The molecule has 0 aliphatic carbocycles. The zero-order valence-corrected chi connectivity index (χ0v) is 10.6. The zero-order valence-electron chi connectivity index (χ0n) is 10.6. The van der Waals surface area contributed by atoms with Crippen molar-refractivity contribution in [3.63, 3.8) is 0 Å². The molecule has 0 saturated heterocycles. The van der Waals surface area contributed by atoms with E-state index in [9.17, 15) is 0 Å². The summed E-state index contributed by atoms with van der Waals surface area (Å²) in [5.41, 5.74) is 5.07. The summed E-state index contributed by atoms with van der Waals surface area (Å²) < 4.78 is 0. The van der Waals surface area contributed by atoms with E-state index in [1.807, 2.05) is 20.9 Å². The van der Waals surface area contributed by atoms with E-state index in [0.717, 1.165) is 6.42 Å². The Hall–Kier alpha value is -1.24. The van der Waals surface area contributed by atoms with Gasteiger partial charge in [-0.1, -0.05) is 32.1 Å². The van der Waals surface area contributed by atoms with E-state index in [2.05, 4.69) is 43.9 Å². The van der Waals surface area contributed by atoms with Gasteiger partial charge in [-0.25, -0.2) is 0 Å². The minimum atomic E-state index is 0.974. The van der Waals surface area contributed by atoms with E-state index in [4.69, 9.17) is 0 Å². The van der Waals surface area contributed by atoms with Crippen molar-refractivity contribution in [1.82, 2.24) is 0 Å². The maximum Gasteiger partial charge on any atom is 0.0340 e. The molecule has 0 spiro atoms. The van der Waals surface area contributed by atoms with E-state index >= 15 is 0 Å². The second-order valence-electron chi connectivity index (χ2n) is 3.53. The van der Waals surface area contributed by atoms with Crippen LogP contribution in [-0.2, 0) is 6.42 Å². The fourth-order valence-electron chi connectivity index (χ4n) is 1.34. The average Bonchev–Trinajstić information content (AvgIpc) is 2.23. The highest BCUT2D eigenvalue weighted by Crippen LogP contribution is 2.17. The van der Waals surface area contributed by atoms with Gasteiger partial charge in [-0.2, -0.15) is 0 Å². The van der Waals surface area contributed by atoms with Crippen LogP contribution in [-0.4, -0.2) is 7.05 Å². The van der Waals surface area contributed by atoms with Crippen molar-refractivity contribution in [3.8, 4) is 0 Å². The minimum absolute atomic E-state index is 0.974. The Morgan fingerprint density at radius 1 is 1.33 bits per heavy atom. The number of anilines is 1. The molecule has 0 heterocycles. The summed E-state index contributed by atoms with van der Waals surface area (Å²) in [6.45, 7) is 12.1. The minimum Gasteiger partial charge on any atom is -0.388 e. The van der Waals surface area contributed by atoms with Crippen LogP contribution >= 0.6 is 0 Å². The van der Waals surface area contributed by atoms with Gasteiger partial charge in [0.05, 0.1) is 0 Å². The van der Waals surface area contributed by atoms with Crippen LogP contribution in [0.3, 0.4) is 0 Å². The SMILES string of the molecule is C=C(C)Cc1cc(NC)ccc1C.CC. The molecule has 0 bridgehead atoms. The van der Waals surface area contributed by atoms with Crippen LogP contribution in [0.25, 0.3) is 0 Å². The van der Waals surface area contributed by atoms with Gasteiger partial charge in [-0.05, 0) is 43.5 Å². The Morgan fingerprint density at radius 3 is 2.40 bits per heavy atom. The quantitative estimate of drug-likeness (QED) is 0.730. The molecule has 0 atom stereocenters. The lowest BCUT2D eigenvalue weighted by Gasteiger charge is -2.08. The van der Waals surface area contributed by atoms with Gasteiger partial charge in [0.25, 0.3) is 0 Å². The Bertz CT molecular complexity index is 313. The molecule has 1 aromatic carbocycles. The number of allylic oxidation sites excluding steroid dienone is 1. The van der Waals surface area contributed by atoms with Gasteiger partial charge in [0.1, 0.15) is 0 Å². The number of hydrogen-bond donors (Lipinski definition) is 1. The van der Waals surface area contributed by atoms with Crippen LogP contribution < -0.4 is 5.32 Å². The third-order valence-electron chi connectivity index (χ3n) is 2.13. The van der Waals surface area contributed by atoms with Gasteiger partial charge >= 0.3 is 0 Å². The molecule has 0 saturated carbocycles. The lowest BCUT2D eigenvalue weighted by Crippen LogP contribution is -1.94. The van der Waals surface area contributed by atoms with E-state index in [-0.39, 0.29) is 0 Å². The van der Waals surface area contributed by atoms with Crippen LogP contribution in [0.15, 0.2) is 30.4 Å². The molecule has 1 aromatic rings. The van der Waals surface area contributed by atoms with Crippen molar-refractivity contribution in [2.24, 2.45) is 0 Å². The van der Waals surface area contributed by atoms with Gasteiger partial charge < -0.3 is 5.32 Å². The van der Waals surface area contributed by atoms with Crippen LogP contribution in [0.5, 0.6) is 0 Å². The molecule has 1 rings (SSSR count). The first-order valence-electron chi connectivity index (χ1n) is 5.55. The summed E-state index contributed by atoms with van der Waals surface area (Å²) in [7, 11) is 1.94. The highest BCUT2D eigenvalue weighted by atomic mass is 14.8. The first-order valence-corrected chi connectivity index (χ1v) is 5.55. The molecule has 0 amide bonds. The van der Waals surface area contributed by atoms with Crippen LogP contribution in [0, 0.1) is 6.92 Å². The zero-order chi connectivity index (χ0) is 11.8. The summed E-state index contributed by atoms with van der Waals surface area (Å²) in [5, 5.41) is 3.14. The van der Waals surface area contributed by atoms with Crippen LogP contribution in [0.1, 0.15) is 31.9 Å². The molecule has 15 heavy (non-hydrogen) atoms. The van der Waals surface area contributed by atoms with E-state index in [1.165, 1.54) is 22.4 Å². The predicted octanol–water partition coefficient (Wildman–Crippen LogP) is 4.18. The summed E-state index contributed by atoms with van der Waals surface area (Å²) in [5.74, 6) is 0. The topological polar surface area (TPSA) is 12.0 Å². The van der Waals surface area contributed by atoms with E-state index in [0.29, 0.717) is 0 Å². The number of nitrogens with one attached hydrogen (secondary N) is 1. The molecule has 1 N–H and O–H groups in total. The highest BCUT2D eigenvalue weighted by Gasteiger charge is 1.99. The predicted molar refractivity (Wildman–Crippen MR) is 70.6 cm³/mol. The monoisotopic (exact) mass is 205 g/mol.